The van der Waals surface area contributed by atoms with Gasteiger partial charge in [-0.1, -0.05) is 263 Å². The second-order valence-electron chi connectivity index (χ2n) is 33.9. The van der Waals surface area contributed by atoms with E-state index >= 15 is 0 Å². The van der Waals surface area contributed by atoms with Crippen LogP contribution in [0.2, 0.25) is 0 Å². The van der Waals surface area contributed by atoms with Crippen molar-refractivity contribution < 1.29 is 0 Å². The van der Waals surface area contributed by atoms with Crippen molar-refractivity contribution in [1.82, 2.24) is 4.57 Å². The third kappa shape index (κ3) is 11.2. The maximum atomic E-state index is 2.63. The summed E-state index contributed by atoms with van der Waals surface area (Å²) in [5, 5.41) is 10.1. The summed E-state index contributed by atoms with van der Waals surface area (Å²) in [7, 11) is 0. The van der Waals surface area contributed by atoms with Gasteiger partial charge in [0.1, 0.15) is 0 Å². The zero-order valence-corrected chi connectivity index (χ0v) is 56.9. The van der Waals surface area contributed by atoms with Crippen molar-refractivity contribution in [2.45, 2.75) is 209 Å². The minimum Gasteiger partial charge on any atom is -0.310 e. The Labute approximate surface area is 517 Å². The maximum Gasteiger partial charge on any atom is 0.0541 e. The Kier molecular flexibility index (Phi) is 14.2. The molecule has 0 saturated carbocycles. The Bertz CT molecular complexity index is 4180. The van der Waals surface area contributed by atoms with Crippen LogP contribution < -0.4 is 4.90 Å². The molecular weight excluding hydrogens is 1040 g/mol. The summed E-state index contributed by atoms with van der Waals surface area (Å²) in [4.78, 5) is 2.63. The monoisotopic (exact) mass is 1130 g/mol. The fourth-order valence-corrected chi connectivity index (χ4v) is 12.8. The highest BCUT2D eigenvalue weighted by Crippen LogP contribution is 2.50. The molecule has 11 rings (SSSR count). The molecular formula is C84H98N2. The third-order valence-electron chi connectivity index (χ3n) is 18.7. The van der Waals surface area contributed by atoms with E-state index in [1.165, 1.54) is 127 Å². The number of fused-ring (bicyclic) bond motifs is 3. The molecule has 0 atom stereocenters. The molecule has 0 N–H and O–H groups in total. The molecule has 0 bridgehead atoms. The van der Waals surface area contributed by atoms with E-state index in [4.69, 9.17) is 0 Å². The van der Waals surface area contributed by atoms with E-state index in [2.05, 4.69) is 333 Å². The molecule has 1 heterocycles. The van der Waals surface area contributed by atoms with Crippen molar-refractivity contribution in [1.29, 1.82) is 0 Å². The Morgan fingerprint density at radius 1 is 0.244 bits per heavy atom. The molecule has 0 aliphatic heterocycles. The lowest BCUT2D eigenvalue weighted by atomic mass is 9.78. The van der Waals surface area contributed by atoms with Crippen LogP contribution >= 0.6 is 0 Å². The van der Waals surface area contributed by atoms with Crippen molar-refractivity contribution >= 4 is 71.2 Å². The first-order chi connectivity index (χ1) is 39.6. The lowest BCUT2D eigenvalue weighted by Crippen LogP contribution is -2.18. The van der Waals surface area contributed by atoms with Crippen molar-refractivity contribution in [3.05, 3.63) is 202 Å². The van der Waals surface area contributed by atoms with E-state index in [9.17, 15) is 0 Å². The number of hydrogen-bond donors (Lipinski definition) is 0. The van der Waals surface area contributed by atoms with Gasteiger partial charge < -0.3 is 9.47 Å². The number of anilines is 3. The number of benzene rings is 10. The Morgan fingerprint density at radius 3 is 0.907 bits per heavy atom. The smallest absolute Gasteiger partial charge is 0.0541 e. The quantitative estimate of drug-likeness (QED) is 0.151. The summed E-state index contributed by atoms with van der Waals surface area (Å²) >= 11 is 0. The fourth-order valence-electron chi connectivity index (χ4n) is 12.8. The highest BCUT2D eigenvalue weighted by atomic mass is 15.1. The summed E-state index contributed by atoms with van der Waals surface area (Å²) in [5.74, 6) is 0. The summed E-state index contributed by atoms with van der Waals surface area (Å²) in [6.07, 6.45) is 0. The molecule has 2 nitrogen and oxygen atoms in total. The van der Waals surface area contributed by atoms with E-state index < -0.39 is 0 Å². The van der Waals surface area contributed by atoms with Crippen molar-refractivity contribution in [2.75, 3.05) is 4.90 Å². The average Bonchev–Trinajstić information content (AvgIpc) is 1.24. The van der Waals surface area contributed by atoms with Crippen LogP contribution in [0.25, 0.3) is 82.1 Å². The molecule has 86 heavy (non-hydrogen) atoms. The van der Waals surface area contributed by atoms with Crippen molar-refractivity contribution in [3.8, 4) is 27.9 Å². The molecule has 0 saturated heterocycles. The van der Waals surface area contributed by atoms with Gasteiger partial charge in [-0.3, -0.25) is 0 Å². The summed E-state index contributed by atoms with van der Waals surface area (Å²) in [5.41, 5.74) is 22.3. The maximum absolute atomic E-state index is 2.63. The number of aromatic nitrogens is 1. The number of rotatable bonds is 6. The van der Waals surface area contributed by atoms with E-state index in [-0.39, 0.29) is 43.3 Å². The topological polar surface area (TPSA) is 8.17 Å². The normalized spacial score (nSPS) is 13.6. The van der Waals surface area contributed by atoms with Crippen LogP contribution in [0.1, 0.15) is 211 Å². The van der Waals surface area contributed by atoms with Crippen LogP contribution in [-0.4, -0.2) is 4.57 Å². The van der Waals surface area contributed by atoms with Crippen LogP contribution in [0.15, 0.2) is 158 Å². The fraction of sp³-hybridized carbons (Fsp3) is 0.381. The van der Waals surface area contributed by atoms with Gasteiger partial charge in [-0.05, 0) is 192 Å². The molecule has 0 fully saturated rings. The minimum absolute atomic E-state index is 0.00828. The third-order valence-corrected chi connectivity index (χ3v) is 18.7. The van der Waals surface area contributed by atoms with E-state index in [1.54, 1.807) is 0 Å². The molecule has 444 valence electrons. The van der Waals surface area contributed by atoms with Gasteiger partial charge in [-0.2, -0.15) is 0 Å². The van der Waals surface area contributed by atoms with Crippen LogP contribution in [0.4, 0.5) is 17.1 Å². The molecule has 1 aromatic heterocycles. The van der Waals surface area contributed by atoms with Gasteiger partial charge in [-0.25, -0.2) is 0 Å². The van der Waals surface area contributed by atoms with Gasteiger partial charge in [0.2, 0.25) is 0 Å². The molecule has 0 spiro atoms. The molecule has 0 aliphatic carbocycles. The first kappa shape index (κ1) is 60.5. The predicted molar refractivity (Wildman–Crippen MR) is 380 cm³/mol. The second-order valence-corrected chi connectivity index (χ2v) is 33.9. The van der Waals surface area contributed by atoms with Gasteiger partial charge in [0.05, 0.1) is 22.4 Å². The Morgan fingerprint density at radius 2 is 0.547 bits per heavy atom. The van der Waals surface area contributed by atoms with Crippen molar-refractivity contribution in [2.24, 2.45) is 0 Å². The molecule has 0 amide bonds. The lowest BCUT2D eigenvalue weighted by molar-refractivity contribution is 0.568. The summed E-state index contributed by atoms with van der Waals surface area (Å²) < 4.78 is 2.56. The van der Waals surface area contributed by atoms with Crippen molar-refractivity contribution in [3.63, 3.8) is 0 Å². The standard InChI is InChI=1S/C84H98N2/c1-77(2,3)57-29-35-73-69(49-57)70-50-58(78(4,5)6)30-36-74(70)86(73)72-34-28-52-25-31-67-71(33-27-51-26-32-68(72)76(52)75(51)67)85(65-43-55(41-63(47-65)83(19,20)21)53-37-59(79(7,8)9)45-60(38-53)80(10,11)12)66-44-56(42-64(48-66)84(22,23)24)54-39-61(81(13,14)15)46-62(40-54)82(16,17)18/h25-50H,1-24H3. The first-order valence-electron chi connectivity index (χ1n) is 31.9. The molecule has 2 heteroatoms. The van der Waals surface area contributed by atoms with Gasteiger partial charge >= 0.3 is 0 Å². The molecule has 10 aromatic carbocycles. The predicted octanol–water partition coefficient (Wildman–Crippen LogP) is 24.9. The zero-order valence-electron chi connectivity index (χ0n) is 56.9. The van der Waals surface area contributed by atoms with Gasteiger partial charge in [0, 0.05) is 32.9 Å². The van der Waals surface area contributed by atoms with Crippen LogP contribution in [0.5, 0.6) is 0 Å². The molecule has 0 aliphatic rings. The SMILES string of the molecule is CC(C)(C)c1cc(-c2cc(C(C)(C)C)cc(C(C)(C)C)c2)cc(N(c2cc(-c3cc(C(C)(C)C)cc(C(C)(C)C)c3)cc(C(C)(C)C)c2)c2ccc3ccc4c(-n5c6ccc(C(C)(C)C)cc6c6cc(C(C)(C)C)ccc65)ccc5ccc2c3c54)c1. The second kappa shape index (κ2) is 20.2. The average molecular weight is 1140 g/mol. The molecule has 0 unspecified atom stereocenters. The largest absolute Gasteiger partial charge is 0.310 e. The summed E-state index contributed by atoms with van der Waals surface area (Å²) in [6.45, 7) is 56.4. The minimum atomic E-state index is -0.158. The Balaban J connectivity index is 1.25. The van der Waals surface area contributed by atoms with Gasteiger partial charge in [0.15, 0.2) is 0 Å². The highest BCUT2D eigenvalue weighted by molar-refractivity contribution is 6.27. The van der Waals surface area contributed by atoms with E-state index in [0.29, 0.717) is 0 Å². The molecule has 11 aromatic rings. The highest BCUT2D eigenvalue weighted by Gasteiger charge is 2.30. The lowest BCUT2D eigenvalue weighted by Gasteiger charge is -2.33. The summed E-state index contributed by atoms with van der Waals surface area (Å²) in [6, 6.07) is 63.3. The van der Waals surface area contributed by atoms with E-state index in [1.807, 2.05) is 0 Å². The number of hydrogen-bond acceptors (Lipinski definition) is 1. The van der Waals surface area contributed by atoms with Gasteiger partial charge in [0.25, 0.3) is 0 Å². The molecule has 0 radical (unpaired) electrons. The first-order valence-corrected chi connectivity index (χ1v) is 31.9. The Hall–Kier alpha value is -7.16. The number of nitrogens with zero attached hydrogens (tertiary/aromatic N) is 2. The van der Waals surface area contributed by atoms with Crippen LogP contribution in [0, 0.1) is 0 Å². The van der Waals surface area contributed by atoms with Gasteiger partial charge in [-0.15, -0.1) is 0 Å². The zero-order chi connectivity index (χ0) is 62.6. The van der Waals surface area contributed by atoms with Crippen LogP contribution in [0.3, 0.4) is 0 Å². The van der Waals surface area contributed by atoms with E-state index in [0.717, 1.165) is 17.1 Å². The van der Waals surface area contributed by atoms with Crippen LogP contribution in [-0.2, 0) is 43.3 Å².